The van der Waals surface area contributed by atoms with E-state index in [1.807, 2.05) is 0 Å². The van der Waals surface area contributed by atoms with Gasteiger partial charge in [0.05, 0.1) is 11.7 Å². The van der Waals surface area contributed by atoms with Crippen LogP contribution >= 0.6 is 11.8 Å². The molecule has 0 fully saturated rings. The van der Waals surface area contributed by atoms with Gasteiger partial charge in [-0.2, -0.15) is 8.78 Å². The average molecular weight is 307 g/mol. The van der Waals surface area contributed by atoms with E-state index in [1.54, 1.807) is 0 Å². The summed E-state index contributed by atoms with van der Waals surface area (Å²) in [4.78, 5) is 23.9. The van der Waals surface area contributed by atoms with E-state index in [-0.39, 0.29) is 23.8 Å². The van der Waals surface area contributed by atoms with Crippen molar-refractivity contribution in [1.82, 2.24) is 4.90 Å². The van der Waals surface area contributed by atoms with Crippen molar-refractivity contribution in [3.8, 4) is 0 Å². The summed E-state index contributed by atoms with van der Waals surface area (Å²) < 4.78 is 29.2. The summed E-state index contributed by atoms with van der Waals surface area (Å²) in [5, 5.41) is 8.77. The molecule has 0 aromatic carbocycles. The molecule has 112 valence electrons. The third kappa shape index (κ3) is 4.84. The predicted molar refractivity (Wildman–Crippen MR) is 69.8 cm³/mol. The van der Waals surface area contributed by atoms with Crippen LogP contribution in [0.1, 0.15) is 23.2 Å². The molecule has 5 nitrogen and oxygen atoms in total. The van der Waals surface area contributed by atoms with Gasteiger partial charge in [0.25, 0.3) is 11.7 Å². The van der Waals surface area contributed by atoms with Crippen molar-refractivity contribution < 1.29 is 27.9 Å². The first kappa shape index (κ1) is 16.5. The van der Waals surface area contributed by atoms with Gasteiger partial charge in [0.15, 0.2) is 5.76 Å². The van der Waals surface area contributed by atoms with Gasteiger partial charge >= 0.3 is 5.97 Å². The Kier molecular flexibility index (Phi) is 6.00. The second-order valence-electron chi connectivity index (χ2n) is 4.26. The quantitative estimate of drug-likeness (QED) is 0.838. The van der Waals surface area contributed by atoms with Gasteiger partial charge in [-0.05, 0) is 12.1 Å². The molecule has 1 heterocycles. The molecule has 1 aromatic rings. The lowest BCUT2D eigenvalue weighted by molar-refractivity contribution is -0.141. The van der Waals surface area contributed by atoms with Crippen LogP contribution in [0, 0.1) is 5.92 Å². The van der Waals surface area contributed by atoms with Gasteiger partial charge in [-0.15, -0.1) is 0 Å². The fraction of sp³-hybridized carbons (Fsp3) is 0.500. The lowest BCUT2D eigenvalue weighted by Crippen LogP contribution is -2.33. The number of carboxylic acids is 1. The number of alkyl halides is 2. The highest BCUT2D eigenvalue weighted by Crippen LogP contribution is 2.21. The van der Waals surface area contributed by atoms with E-state index in [2.05, 4.69) is 0 Å². The van der Waals surface area contributed by atoms with Gasteiger partial charge in [-0.25, -0.2) is 0 Å². The maximum atomic E-state index is 12.0. The monoisotopic (exact) mass is 307 g/mol. The lowest BCUT2D eigenvalue weighted by Gasteiger charge is -2.18. The van der Waals surface area contributed by atoms with Gasteiger partial charge in [0.1, 0.15) is 5.76 Å². The zero-order valence-corrected chi connectivity index (χ0v) is 11.8. The molecule has 1 amide bonds. The number of carbonyl (C=O) groups is 2. The molecule has 1 atom stereocenters. The van der Waals surface area contributed by atoms with E-state index < -0.39 is 23.6 Å². The van der Waals surface area contributed by atoms with Gasteiger partial charge in [0, 0.05) is 13.6 Å². The number of thioether (sulfide) groups is 1. The molecule has 0 aliphatic rings. The number of rotatable bonds is 7. The number of hydrogen-bond acceptors (Lipinski definition) is 4. The molecule has 1 N–H and O–H groups in total. The first-order chi connectivity index (χ1) is 9.31. The third-order valence-corrected chi connectivity index (χ3v) is 3.24. The number of furan rings is 1. The van der Waals surface area contributed by atoms with Crippen molar-refractivity contribution in [2.45, 2.75) is 18.4 Å². The fourth-order valence-electron chi connectivity index (χ4n) is 1.48. The standard InChI is InChI=1S/C12H15F2NO4S/c1-7(11(17)18)5-15(2)10(16)9-4-3-8(19-9)6-20-12(13)14/h3-4,7,12H,5-6H2,1-2H3,(H,17,18). The zero-order chi connectivity index (χ0) is 15.3. The highest BCUT2D eigenvalue weighted by Gasteiger charge is 2.21. The number of aliphatic carboxylic acids is 1. The van der Waals surface area contributed by atoms with Crippen molar-refractivity contribution in [3.63, 3.8) is 0 Å². The summed E-state index contributed by atoms with van der Waals surface area (Å²) >= 11 is 0.403. The Morgan fingerprint density at radius 2 is 2.10 bits per heavy atom. The molecule has 0 radical (unpaired) electrons. The predicted octanol–water partition coefficient (Wildman–Crippen LogP) is 2.53. The Bertz CT molecular complexity index is 478. The first-order valence-electron chi connectivity index (χ1n) is 5.78. The Morgan fingerprint density at radius 3 is 2.65 bits per heavy atom. The van der Waals surface area contributed by atoms with Gasteiger partial charge in [-0.1, -0.05) is 18.7 Å². The summed E-state index contributed by atoms with van der Waals surface area (Å²) in [7, 11) is 1.46. The number of carboxylic acid groups (broad SMARTS) is 1. The van der Waals surface area contributed by atoms with Crippen LogP contribution in [0.2, 0.25) is 0 Å². The second kappa shape index (κ2) is 7.28. The molecule has 1 unspecified atom stereocenters. The van der Waals surface area contributed by atoms with Crippen molar-refractivity contribution in [3.05, 3.63) is 23.7 Å². The van der Waals surface area contributed by atoms with Gasteiger partial charge < -0.3 is 14.4 Å². The summed E-state index contributed by atoms with van der Waals surface area (Å²) in [5.74, 6) is -4.43. The highest BCUT2D eigenvalue weighted by molar-refractivity contribution is 7.98. The molecule has 0 aliphatic carbocycles. The van der Waals surface area contributed by atoms with Crippen LogP contribution < -0.4 is 0 Å². The van der Waals surface area contributed by atoms with E-state index in [9.17, 15) is 18.4 Å². The van der Waals surface area contributed by atoms with Crippen molar-refractivity contribution in [2.24, 2.45) is 5.92 Å². The Labute approximate surface area is 118 Å². The van der Waals surface area contributed by atoms with Gasteiger partial charge in [-0.3, -0.25) is 9.59 Å². The SMILES string of the molecule is CC(CN(C)C(=O)c1ccc(CSC(F)F)o1)C(=O)O. The minimum Gasteiger partial charge on any atom is -0.481 e. The minimum absolute atomic E-state index is 0.00922. The number of hydrogen-bond donors (Lipinski definition) is 1. The minimum atomic E-state index is -2.50. The fourth-order valence-corrected chi connectivity index (χ4v) is 1.92. The first-order valence-corrected chi connectivity index (χ1v) is 6.83. The maximum Gasteiger partial charge on any atom is 0.308 e. The Morgan fingerprint density at radius 1 is 1.45 bits per heavy atom. The zero-order valence-electron chi connectivity index (χ0n) is 11.0. The van der Waals surface area contributed by atoms with E-state index in [1.165, 1.54) is 31.0 Å². The van der Waals surface area contributed by atoms with Crippen molar-refractivity contribution >= 4 is 23.6 Å². The molecule has 0 saturated carbocycles. The Hall–Kier alpha value is -1.57. The summed E-state index contributed by atoms with van der Waals surface area (Å²) in [6.07, 6.45) is 0. The molecule has 1 rings (SSSR count). The Balaban J connectivity index is 2.61. The summed E-state index contributed by atoms with van der Waals surface area (Å²) in [5.41, 5.74) is 0. The lowest BCUT2D eigenvalue weighted by atomic mass is 10.2. The van der Waals surface area contributed by atoms with Gasteiger partial charge in [0.2, 0.25) is 0 Å². The van der Waals surface area contributed by atoms with Crippen LogP contribution in [0.5, 0.6) is 0 Å². The topological polar surface area (TPSA) is 70.8 Å². The summed E-state index contributed by atoms with van der Waals surface area (Å²) in [6.45, 7) is 1.52. The van der Waals surface area contributed by atoms with Crippen LogP contribution in [-0.4, -0.2) is 41.2 Å². The molecule has 8 heteroatoms. The summed E-state index contributed by atoms with van der Waals surface area (Å²) in [6, 6.07) is 2.85. The molecule has 0 spiro atoms. The largest absolute Gasteiger partial charge is 0.481 e. The van der Waals surface area contributed by atoms with Crippen molar-refractivity contribution in [2.75, 3.05) is 13.6 Å². The molecule has 0 aliphatic heterocycles. The van der Waals surface area contributed by atoms with Crippen LogP contribution in [0.15, 0.2) is 16.5 Å². The number of amides is 1. The number of nitrogens with zero attached hydrogens (tertiary/aromatic N) is 1. The molecular weight excluding hydrogens is 292 g/mol. The van der Waals surface area contributed by atoms with E-state index in [0.29, 0.717) is 11.8 Å². The second-order valence-corrected chi connectivity index (χ2v) is 5.24. The molecular formula is C12H15F2NO4S. The van der Waals surface area contributed by atoms with Crippen LogP contribution in [0.4, 0.5) is 8.78 Å². The van der Waals surface area contributed by atoms with Crippen LogP contribution in [-0.2, 0) is 10.5 Å². The van der Waals surface area contributed by atoms with E-state index in [4.69, 9.17) is 9.52 Å². The van der Waals surface area contributed by atoms with E-state index >= 15 is 0 Å². The van der Waals surface area contributed by atoms with E-state index in [0.717, 1.165) is 0 Å². The highest BCUT2D eigenvalue weighted by atomic mass is 32.2. The maximum absolute atomic E-state index is 12.0. The smallest absolute Gasteiger partial charge is 0.308 e. The number of carbonyl (C=O) groups excluding carboxylic acids is 1. The molecule has 1 aromatic heterocycles. The normalized spacial score (nSPS) is 12.4. The van der Waals surface area contributed by atoms with Crippen LogP contribution in [0.3, 0.4) is 0 Å². The molecule has 0 bridgehead atoms. The number of halogens is 2. The molecule has 20 heavy (non-hydrogen) atoms. The third-order valence-electron chi connectivity index (χ3n) is 2.54. The molecule has 0 saturated heterocycles. The van der Waals surface area contributed by atoms with Crippen molar-refractivity contribution in [1.29, 1.82) is 0 Å². The van der Waals surface area contributed by atoms with Crippen LogP contribution in [0.25, 0.3) is 0 Å². The average Bonchev–Trinajstić information content (AvgIpc) is 2.83.